The molecule has 0 aromatic rings. The van der Waals surface area contributed by atoms with Crippen molar-refractivity contribution in [2.45, 2.75) is 47.1 Å². The van der Waals surface area contributed by atoms with Gasteiger partial charge in [0.2, 0.25) is 0 Å². The van der Waals surface area contributed by atoms with Gasteiger partial charge < -0.3 is 4.74 Å². The van der Waals surface area contributed by atoms with Crippen molar-refractivity contribution in [3.8, 4) is 0 Å². The van der Waals surface area contributed by atoms with Gasteiger partial charge in [0.05, 0.1) is 6.10 Å². The van der Waals surface area contributed by atoms with Crippen LogP contribution in [0.3, 0.4) is 0 Å². The van der Waals surface area contributed by atoms with Crippen LogP contribution in [0.4, 0.5) is 0 Å². The summed E-state index contributed by atoms with van der Waals surface area (Å²) in [6.07, 6.45) is -0.245. The molecule has 0 bridgehead atoms. The molecule has 0 aliphatic heterocycles. The summed E-state index contributed by atoms with van der Waals surface area (Å²) >= 11 is -1.11. The molecule has 0 radical (unpaired) electrons. The number of ether oxygens (including phenoxy) is 1. The first-order valence-electron chi connectivity index (χ1n) is 5.78. The third-order valence-electron chi connectivity index (χ3n) is 1.34. The molecular weight excluding hydrogens is 327 g/mol. The molecule has 0 aromatic heterocycles. The van der Waals surface area contributed by atoms with E-state index in [-0.39, 0.29) is 18.3 Å². The number of rotatable bonds is 7. The minimum absolute atomic E-state index is 0.113. The monoisotopic (exact) mass is 350 g/mol. The third-order valence-corrected chi connectivity index (χ3v) is 4.62. The molecule has 0 saturated carbocycles. The first-order valence-corrected chi connectivity index (χ1v) is 9.07. The van der Waals surface area contributed by atoms with Gasteiger partial charge in [-0.25, -0.2) is 0 Å². The van der Waals surface area contributed by atoms with Crippen LogP contribution in [0.15, 0.2) is 0 Å². The van der Waals surface area contributed by atoms with E-state index in [4.69, 9.17) is 10.4 Å². The summed E-state index contributed by atoms with van der Waals surface area (Å²) in [5.41, 5.74) is 0. The number of hydrogen-bond donors (Lipinski definition) is 0. The van der Waals surface area contributed by atoms with Crippen LogP contribution in [-0.2, 0) is 20.0 Å². The van der Waals surface area contributed by atoms with Crippen LogP contribution in [0, 0.1) is 0 Å². The second kappa shape index (κ2) is 14.0. The van der Waals surface area contributed by atoms with Gasteiger partial charge >= 0.3 is 62.5 Å². The number of ketones is 1. The van der Waals surface area contributed by atoms with Crippen LogP contribution in [0.1, 0.15) is 41.0 Å². The molecule has 0 aliphatic carbocycles. The third kappa shape index (κ3) is 21.7. The molecule has 5 nitrogen and oxygen atoms in total. The average molecular weight is 350 g/mol. The Balaban J connectivity index is 0. The molecule has 6 heteroatoms. The summed E-state index contributed by atoms with van der Waals surface area (Å²) in [4.78, 5) is 21.0. The Bertz CT molecular complexity index is 202. The molecule has 0 spiro atoms. The second-order valence-electron chi connectivity index (χ2n) is 3.52. The van der Waals surface area contributed by atoms with Crippen molar-refractivity contribution in [3.63, 3.8) is 0 Å². The average Bonchev–Trinajstić information content (AvgIpc) is 2.16. The fraction of sp³-hybridized carbons (Fsp3) is 0.818. The minimum atomic E-state index is -1.11. The summed E-state index contributed by atoms with van der Waals surface area (Å²) in [5, 5.41) is 0. The Morgan fingerprint density at radius 3 is 1.88 bits per heavy atom. The van der Waals surface area contributed by atoms with E-state index < -0.39 is 29.7 Å². The molecule has 0 N–H and O–H groups in total. The van der Waals surface area contributed by atoms with Gasteiger partial charge in [0.1, 0.15) is 12.2 Å². The van der Waals surface area contributed by atoms with Crippen LogP contribution in [0.5, 0.6) is 0 Å². The Morgan fingerprint density at radius 1 is 1.12 bits per heavy atom. The normalized spacial score (nSPS) is 9.29. The predicted octanol–water partition coefficient (Wildman–Crippen LogP) is 1.24. The van der Waals surface area contributed by atoms with Crippen molar-refractivity contribution < 1.29 is 20.0 Å². The van der Waals surface area contributed by atoms with Gasteiger partial charge in [-0.05, 0) is 20.8 Å². The van der Waals surface area contributed by atoms with Crippen LogP contribution in [0.25, 0.3) is 0 Å². The molecule has 0 aromatic carbocycles. The van der Waals surface area contributed by atoms with Crippen molar-refractivity contribution >= 4 is 35.5 Å². The van der Waals surface area contributed by atoms with E-state index in [9.17, 15) is 9.59 Å². The topological polar surface area (TPSA) is 61.8 Å². The first-order chi connectivity index (χ1) is 7.93. The summed E-state index contributed by atoms with van der Waals surface area (Å²) in [5.74, 6) is -0.604. The van der Waals surface area contributed by atoms with Crippen molar-refractivity contribution in [1.82, 2.24) is 0 Å². The van der Waals surface area contributed by atoms with Crippen LogP contribution < -0.4 is 0 Å². The molecule has 0 unspecified atom stereocenters. The van der Waals surface area contributed by atoms with Crippen molar-refractivity contribution in [2.75, 3.05) is 13.2 Å². The fourth-order valence-electron chi connectivity index (χ4n) is 0.733. The fourth-order valence-corrected chi connectivity index (χ4v) is 2.02. The van der Waals surface area contributed by atoms with Crippen molar-refractivity contribution in [2.24, 2.45) is 0 Å². The van der Waals surface area contributed by atoms with Crippen molar-refractivity contribution in [1.29, 1.82) is 0 Å². The van der Waals surface area contributed by atoms with Crippen molar-refractivity contribution in [3.05, 3.63) is 0 Å². The van der Waals surface area contributed by atoms with E-state index in [0.717, 1.165) is 13.2 Å². The molecular formula is C11H23InO5. The number of esters is 1. The van der Waals surface area contributed by atoms with E-state index >= 15 is 0 Å². The van der Waals surface area contributed by atoms with Gasteiger partial charge in [0, 0.05) is 0 Å². The molecule has 100 valence electrons. The van der Waals surface area contributed by atoms with E-state index in [0.29, 0.717) is 0 Å². The quantitative estimate of drug-likeness (QED) is 0.393. The van der Waals surface area contributed by atoms with E-state index in [1.807, 2.05) is 13.8 Å². The van der Waals surface area contributed by atoms with Gasteiger partial charge in [-0.15, -0.1) is 0 Å². The molecule has 0 rings (SSSR count). The van der Waals surface area contributed by atoms with Gasteiger partial charge in [0.15, 0.2) is 0 Å². The number of Topliss-reactive ketones (excluding diaryl/α,β-unsaturated/α-hetero) is 1. The standard InChI is InChI=1S/C7H12O3.2C2H5O.In.H/c1-5(2)10-7(9)4-6(3)8;2*1-2-3;;/h5H,4H2,1-3H3;2*2H2,1H3;;/q;2*-1;+2;. The maximum absolute atomic E-state index is 10.6. The zero-order chi connectivity index (χ0) is 13.7. The number of hydrogen-bond acceptors (Lipinski definition) is 5. The van der Waals surface area contributed by atoms with Gasteiger partial charge in [-0.3, -0.25) is 9.59 Å². The first kappa shape index (κ1) is 19.3. The molecule has 0 aliphatic rings. The Hall–Kier alpha value is -0.0699. The molecule has 0 heterocycles. The SMILES string of the molecule is CC(=O)CC(=O)OC(C)C.CC[O][InH][O]CC. The van der Waals surface area contributed by atoms with Gasteiger partial charge in [-0.1, -0.05) is 0 Å². The van der Waals surface area contributed by atoms with E-state index in [1.165, 1.54) is 6.92 Å². The Kier molecular flexibility index (Phi) is 15.9. The molecule has 0 atom stereocenters. The molecule has 0 amide bonds. The van der Waals surface area contributed by atoms with Crippen LogP contribution in [0.2, 0.25) is 0 Å². The maximum atomic E-state index is 10.6. The summed E-state index contributed by atoms with van der Waals surface area (Å²) in [7, 11) is 0. The second-order valence-corrected chi connectivity index (χ2v) is 6.52. The Labute approximate surface area is 116 Å². The Morgan fingerprint density at radius 2 is 1.59 bits per heavy atom. The van der Waals surface area contributed by atoms with E-state index in [1.54, 1.807) is 13.8 Å². The van der Waals surface area contributed by atoms with Gasteiger partial charge in [-0.2, -0.15) is 0 Å². The summed E-state index contributed by atoms with van der Waals surface area (Å²) in [6.45, 7) is 10.5. The predicted molar refractivity (Wildman–Crippen MR) is 66.9 cm³/mol. The van der Waals surface area contributed by atoms with Crippen LogP contribution in [-0.4, -0.2) is 54.8 Å². The number of carbonyl (C=O) groups is 2. The van der Waals surface area contributed by atoms with E-state index in [2.05, 4.69) is 0 Å². The number of carbonyl (C=O) groups excluding carboxylic acids is 2. The molecule has 17 heavy (non-hydrogen) atoms. The zero-order valence-corrected chi connectivity index (χ0v) is 15.5. The summed E-state index contributed by atoms with van der Waals surface area (Å²) in [6, 6.07) is 0. The zero-order valence-electron chi connectivity index (χ0n) is 11.4. The van der Waals surface area contributed by atoms with Gasteiger partial charge in [0.25, 0.3) is 0 Å². The summed E-state index contributed by atoms with van der Waals surface area (Å²) < 4.78 is 14.8. The molecule has 0 fully saturated rings. The van der Waals surface area contributed by atoms with Crippen LogP contribution >= 0.6 is 0 Å². The molecule has 0 saturated heterocycles.